The maximum Gasteiger partial charge on any atom is 0.256 e. The van der Waals surface area contributed by atoms with Crippen LogP contribution in [-0.4, -0.2) is 15.7 Å². The molecule has 134 valence electrons. The third kappa shape index (κ3) is 3.77. The van der Waals surface area contributed by atoms with Crippen molar-refractivity contribution < 1.29 is 22.4 Å². The van der Waals surface area contributed by atoms with Crippen LogP contribution in [-0.2, 0) is 6.54 Å². The number of nitrogens with zero attached hydrogens (tertiary/aromatic N) is 2. The fraction of sp³-hybridized carbons (Fsp3) is 0.0588. The van der Waals surface area contributed by atoms with Crippen molar-refractivity contribution in [1.29, 1.82) is 0 Å². The summed E-state index contributed by atoms with van der Waals surface area (Å²) in [5.41, 5.74) is -0.413. The van der Waals surface area contributed by atoms with Crippen molar-refractivity contribution >= 4 is 27.7 Å². The van der Waals surface area contributed by atoms with E-state index in [0.29, 0.717) is 5.56 Å². The summed E-state index contributed by atoms with van der Waals surface area (Å²) in [6.07, 6.45) is 1.32. The van der Waals surface area contributed by atoms with Crippen molar-refractivity contribution in [3.05, 3.63) is 81.5 Å². The van der Waals surface area contributed by atoms with Gasteiger partial charge in [0.05, 0.1) is 12.1 Å². The number of hydrogen-bond acceptors (Lipinski definition) is 2. The molecule has 26 heavy (non-hydrogen) atoms. The standard InChI is InChI=1S/C17H10BrF4N3O/c18-10-3-1-9(2-4-10)17(26)23-14-5-6-25(24-14)8-11-15(21)12(19)7-13(20)16(11)22/h1-7H,8H2,(H,23,24,26). The molecule has 0 spiro atoms. The minimum Gasteiger partial charge on any atom is -0.305 e. The molecule has 0 aliphatic carbocycles. The second kappa shape index (κ2) is 7.28. The lowest BCUT2D eigenvalue weighted by molar-refractivity contribution is 0.102. The third-order valence-corrected chi connectivity index (χ3v) is 4.04. The minimum atomic E-state index is -1.49. The number of amides is 1. The summed E-state index contributed by atoms with van der Waals surface area (Å²) in [5.74, 6) is -6.27. The van der Waals surface area contributed by atoms with Crippen LogP contribution in [0.3, 0.4) is 0 Å². The smallest absolute Gasteiger partial charge is 0.256 e. The van der Waals surface area contributed by atoms with Gasteiger partial charge in [-0.15, -0.1) is 0 Å². The fourth-order valence-corrected chi connectivity index (χ4v) is 2.49. The molecule has 3 rings (SSSR count). The predicted molar refractivity (Wildman–Crippen MR) is 89.7 cm³/mol. The van der Waals surface area contributed by atoms with Crippen molar-refractivity contribution in [3.63, 3.8) is 0 Å². The number of rotatable bonds is 4. The highest BCUT2D eigenvalue weighted by Crippen LogP contribution is 2.20. The van der Waals surface area contributed by atoms with E-state index in [1.165, 1.54) is 12.3 Å². The van der Waals surface area contributed by atoms with E-state index in [9.17, 15) is 22.4 Å². The first-order chi connectivity index (χ1) is 12.3. The molecule has 0 atom stereocenters. The van der Waals surface area contributed by atoms with Crippen LogP contribution in [0, 0.1) is 23.3 Å². The van der Waals surface area contributed by atoms with E-state index in [2.05, 4.69) is 26.3 Å². The lowest BCUT2D eigenvalue weighted by Gasteiger charge is -2.07. The van der Waals surface area contributed by atoms with Crippen LogP contribution in [0.2, 0.25) is 0 Å². The first-order valence-corrected chi connectivity index (χ1v) is 8.06. The summed E-state index contributed by atoms with van der Waals surface area (Å²) in [6, 6.07) is 8.10. The van der Waals surface area contributed by atoms with Crippen LogP contribution in [0.15, 0.2) is 47.1 Å². The molecule has 0 fully saturated rings. The van der Waals surface area contributed by atoms with Gasteiger partial charge in [-0.2, -0.15) is 5.10 Å². The largest absolute Gasteiger partial charge is 0.305 e. The van der Waals surface area contributed by atoms with Gasteiger partial charge in [-0.1, -0.05) is 15.9 Å². The summed E-state index contributed by atoms with van der Waals surface area (Å²) in [5, 5.41) is 6.44. The third-order valence-electron chi connectivity index (χ3n) is 3.51. The molecule has 0 saturated carbocycles. The minimum absolute atomic E-state index is 0.121. The lowest BCUT2D eigenvalue weighted by atomic mass is 10.2. The predicted octanol–water partition coefficient (Wildman–Crippen LogP) is 4.50. The van der Waals surface area contributed by atoms with E-state index >= 15 is 0 Å². The quantitative estimate of drug-likeness (QED) is 0.492. The molecule has 1 N–H and O–H groups in total. The monoisotopic (exact) mass is 427 g/mol. The van der Waals surface area contributed by atoms with Crippen molar-refractivity contribution in [2.75, 3.05) is 5.32 Å². The van der Waals surface area contributed by atoms with Crippen LogP contribution < -0.4 is 5.32 Å². The molecule has 1 aromatic heterocycles. The molecule has 0 radical (unpaired) electrons. The number of carbonyl (C=O) groups excluding carboxylic acids is 1. The van der Waals surface area contributed by atoms with Crippen molar-refractivity contribution in [3.8, 4) is 0 Å². The Labute approximate surface area is 153 Å². The lowest BCUT2D eigenvalue weighted by Crippen LogP contribution is -2.13. The Hall–Kier alpha value is -2.68. The van der Waals surface area contributed by atoms with Gasteiger partial charge in [-0.3, -0.25) is 9.48 Å². The highest BCUT2D eigenvalue weighted by molar-refractivity contribution is 9.10. The molecule has 1 amide bonds. The molecule has 1 heterocycles. The summed E-state index contributed by atoms with van der Waals surface area (Å²) in [6.45, 7) is -0.541. The normalized spacial score (nSPS) is 10.8. The molecule has 0 unspecified atom stereocenters. The Morgan fingerprint density at radius 2 is 1.65 bits per heavy atom. The van der Waals surface area contributed by atoms with Crippen LogP contribution in [0.25, 0.3) is 0 Å². The number of halogens is 5. The SMILES string of the molecule is O=C(Nc1ccn(Cc2c(F)c(F)cc(F)c2F)n1)c1ccc(Br)cc1. The Balaban J connectivity index is 1.77. The summed E-state index contributed by atoms with van der Waals surface area (Å²) in [4.78, 5) is 12.1. The van der Waals surface area contributed by atoms with E-state index in [4.69, 9.17) is 0 Å². The van der Waals surface area contributed by atoms with Gasteiger partial charge in [0.15, 0.2) is 29.1 Å². The number of nitrogens with one attached hydrogen (secondary N) is 1. The zero-order valence-electron chi connectivity index (χ0n) is 12.9. The Bertz CT molecular complexity index is 947. The Morgan fingerprint density at radius 1 is 1.04 bits per heavy atom. The summed E-state index contributed by atoms with van der Waals surface area (Å²) >= 11 is 3.26. The highest BCUT2D eigenvalue weighted by atomic mass is 79.9. The average molecular weight is 428 g/mol. The molecule has 0 aliphatic heterocycles. The van der Waals surface area contributed by atoms with Gasteiger partial charge in [-0.25, -0.2) is 17.6 Å². The van der Waals surface area contributed by atoms with Crippen LogP contribution in [0.4, 0.5) is 23.4 Å². The summed E-state index contributed by atoms with van der Waals surface area (Å²) < 4.78 is 55.8. The molecule has 0 saturated heterocycles. The fourth-order valence-electron chi connectivity index (χ4n) is 2.23. The van der Waals surface area contributed by atoms with Gasteiger partial charge in [-0.05, 0) is 24.3 Å². The van der Waals surface area contributed by atoms with Gasteiger partial charge >= 0.3 is 0 Å². The first kappa shape index (κ1) is 18.1. The highest BCUT2D eigenvalue weighted by Gasteiger charge is 2.19. The molecule has 2 aromatic carbocycles. The van der Waals surface area contributed by atoms with Gasteiger partial charge < -0.3 is 5.32 Å². The molecule has 9 heteroatoms. The van der Waals surface area contributed by atoms with E-state index in [1.807, 2.05) is 0 Å². The Kier molecular flexibility index (Phi) is 5.08. The van der Waals surface area contributed by atoms with E-state index in [0.717, 1.165) is 9.15 Å². The van der Waals surface area contributed by atoms with Crippen LogP contribution in [0.1, 0.15) is 15.9 Å². The Morgan fingerprint density at radius 3 is 2.27 bits per heavy atom. The zero-order valence-corrected chi connectivity index (χ0v) is 14.5. The van der Waals surface area contributed by atoms with Gasteiger partial charge in [0, 0.05) is 28.4 Å². The molecular formula is C17H10BrF4N3O. The number of anilines is 1. The van der Waals surface area contributed by atoms with Crippen molar-refractivity contribution in [2.45, 2.75) is 6.54 Å². The van der Waals surface area contributed by atoms with E-state index < -0.39 is 41.3 Å². The molecule has 0 bridgehead atoms. The number of carbonyl (C=O) groups is 1. The second-order valence-corrected chi connectivity index (χ2v) is 6.22. The second-order valence-electron chi connectivity index (χ2n) is 5.31. The maximum atomic E-state index is 13.7. The van der Waals surface area contributed by atoms with E-state index in [1.54, 1.807) is 24.3 Å². The first-order valence-electron chi connectivity index (χ1n) is 7.27. The van der Waals surface area contributed by atoms with Crippen molar-refractivity contribution in [1.82, 2.24) is 9.78 Å². The van der Waals surface area contributed by atoms with Crippen molar-refractivity contribution in [2.24, 2.45) is 0 Å². The van der Waals surface area contributed by atoms with Crippen LogP contribution >= 0.6 is 15.9 Å². The molecule has 4 nitrogen and oxygen atoms in total. The van der Waals surface area contributed by atoms with E-state index in [-0.39, 0.29) is 11.9 Å². The topological polar surface area (TPSA) is 46.9 Å². The molecule has 3 aromatic rings. The number of hydrogen-bond donors (Lipinski definition) is 1. The number of aromatic nitrogens is 2. The van der Waals surface area contributed by atoms with Gasteiger partial charge in [0.1, 0.15) is 0 Å². The zero-order chi connectivity index (χ0) is 18.8. The maximum absolute atomic E-state index is 13.7. The van der Waals surface area contributed by atoms with Gasteiger partial charge in [0.25, 0.3) is 5.91 Å². The molecule has 0 aliphatic rings. The average Bonchev–Trinajstić information content (AvgIpc) is 3.04. The number of benzene rings is 2. The summed E-state index contributed by atoms with van der Waals surface area (Å²) in [7, 11) is 0. The van der Waals surface area contributed by atoms with Crippen LogP contribution in [0.5, 0.6) is 0 Å². The van der Waals surface area contributed by atoms with Gasteiger partial charge in [0.2, 0.25) is 0 Å². The molecular weight excluding hydrogens is 418 g/mol.